The molecule has 5 heteroatoms. The van der Waals surface area contributed by atoms with E-state index in [9.17, 15) is 9.18 Å². The summed E-state index contributed by atoms with van der Waals surface area (Å²) < 4.78 is 22.7. The van der Waals surface area contributed by atoms with Crippen molar-refractivity contribution < 1.29 is 18.7 Å². The molecule has 1 aromatic carbocycles. The molecule has 0 fully saturated rings. The molecule has 0 radical (unpaired) electrons. The van der Waals surface area contributed by atoms with Crippen molar-refractivity contribution in [2.45, 2.75) is 12.3 Å². The Morgan fingerprint density at radius 3 is 2.56 bits per heavy atom. The Bertz CT molecular complexity index is 393. The topological polar surface area (TPSA) is 35.5 Å². The van der Waals surface area contributed by atoms with Gasteiger partial charge in [-0.1, -0.05) is 0 Å². The molecule has 1 aromatic rings. The largest absolute Gasteiger partial charge is 0.494 e. The van der Waals surface area contributed by atoms with Crippen molar-refractivity contribution in [3.8, 4) is 5.75 Å². The average Bonchev–Trinajstić information content (AvgIpc) is 2.29. The van der Waals surface area contributed by atoms with Crippen LogP contribution < -0.4 is 4.74 Å². The van der Waals surface area contributed by atoms with Gasteiger partial charge in [-0.2, -0.15) is 0 Å². The van der Waals surface area contributed by atoms with E-state index in [1.165, 1.54) is 26.4 Å². The van der Waals surface area contributed by atoms with E-state index in [1.54, 1.807) is 0 Å². The average molecular weight is 247 g/mol. The second-order valence-electron chi connectivity index (χ2n) is 3.14. The van der Waals surface area contributed by atoms with Crippen LogP contribution >= 0.6 is 11.6 Å². The maximum absolute atomic E-state index is 13.4. The molecule has 0 saturated heterocycles. The number of hydrogen-bond donors (Lipinski definition) is 0. The predicted molar refractivity (Wildman–Crippen MR) is 58.2 cm³/mol. The van der Waals surface area contributed by atoms with Crippen molar-refractivity contribution in [1.29, 1.82) is 0 Å². The number of carbonyl (C=O) groups excluding carboxylic acids is 1. The first kappa shape index (κ1) is 12.8. The molecule has 16 heavy (non-hydrogen) atoms. The lowest BCUT2D eigenvalue weighted by Gasteiger charge is -2.09. The maximum Gasteiger partial charge on any atom is 0.309 e. The second kappa shape index (κ2) is 5.70. The lowest BCUT2D eigenvalue weighted by Crippen LogP contribution is -2.07. The molecule has 0 spiro atoms. The van der Waals surface area contributed by atoms with E-state index in [1.807, 2.05) is 0 Å². The van der Waals surface area contributed by atoms with Gasteiger partial charge in [0.2, 0.25) is 0 Å². The normalized spacial score (nSPS) is 10.0. The SMILES string of the molecule is COC(=O)Cc1cc(F)c(OC)cc1CCl. The summed E-state index contributed by atoms with van der Waals surface area (Å²) >= 11 is 5.71. The van der Waals surface area contributed by atoms with Gasteiger partial charge in [-0.15, -0.1) is 11.6 Å². The van der Waals surface area contributed by atoms with Gasteiger partial charge >= 0.3 is 5.97 Å². The minimum atomic E-state index is -0.518. The predicted octanol–water partition coefficient (Wildman–Crippen LogP) is 2.29. The second-order valence-corrected chi connectivity index (χ2v) is 3.41. The quantitative estimate of drug-likeness (QED) is 0.604. The van der Waals surface area contributed by atoms with Crippen LogP contribution in [0.15, 0.2) is 12.1 Å². The Kier molecular flexibility index (Phi) is 4.55. The number of esters is 1. The first-order valence-corrected chi connectivity index (χ1v) is 5.13. The zero-order valence-electron chi connectivity index (χ0n) is 9.05. The smallest absolute Gasteiger partial charge is 0.309 e. The fourth-order valence-corrected chi connectivity index (χ4v) is 1.56. The van der Waals surface area contributed by atoms with Gasteiger partial charge < -0.3 is 9.47 Å². The molecular formula is C11H12ClFO3. The van der Waals surface area contributed by atoms with Gasteiger partial charge in [0.25, 0.3) is 0 Å². The summed E-state index contributed by atoms with van der Waals surface area (Å²) in [7, 11) is 2.65. The summed E-state index contributed by atoms with van der Waals surface area (Å²) in [5, 5.41) is 0. The van der Waals surface area contributed by atoms with Crippen LogP contribution in [0.1, 0.15) is 11.1 Å². The van der Waals surface area contributed by atoms with Crippen molar-refractivity contribution in [3.63, 3.8) is 0 Å². The van der Waals surface area contributed by atoms with Crippen LogP contribution in [0.3, 0.4) is 0 Å². The fraction of sp³-hybridized carbons (Fsp3) is 0.364. The highest BCUT2D eigenvalue weighted by molar-refractivity contribution is 6.17. The summed E-state index contributed by atoms with van der Waals surface area (Å²) in [6.07, 6.45) is -0.000528. The van der Waals surface area contributed by atoms with Crippen molar-refractivity contribution in [2.75, 3.05) is 14.2 Å². The van der Waals surface area contributed by atoms with Crippen LogP contribution in [0.5, 0.6) is 5.75 Å². The third kappa shape index (κ3) is 2.85. The standard InChI is InChI=1S/C11H12ClFO3/c1-15-10-4-8(6-12)7(3-9(10)13)5-11(14)16-2/h3-4H,5-6H2,1-2H3. The molecule has 0 heterocycles. The van der Waals surface area contributed by atoms with Crippen LogP contribution in [-0.4, -0.2) is 20.2 Å². The third-order valence-corrected chi connectivity index (χ3v) is 2.47. The number of alkyl halides is 1. The molecule has 0 unspecified atom stereocenters. The van der Waals surface area contributed by atoms with Gasteiger partial charge in [-0.05, 0) is 23.3 Å². The van der Waals surface area contributed by atoms with Crippen LogP contribution in [0.2, 0.25) is 0 Å². The van der Waals surface area contributed by atoms with Crippen molar-refractivity contribution in [3.05, 3.63) is 29.1 Å². The summed E-state index contributed by atoms with van der Waals surface area (Å²) in [5.41, 5.74) is 1.17. The molecule has 0 saturated carbocycles. The van der Waals surface area contributed by atoms with Gasteiger partial charge in [0, 0.05) is 5.88 Å². The molecule has 0 N–H and O–H groups in total. The Labute approximate surface area is 98.1 Å². The molecule has 0 aliphatic carbocycles. The third-order valence-electron chi connectivity index (χ3n) is 2.18. The minimum absolute atomic E-state index is 0.000528. The van der Waals surface area contributed by atoms with E-state index in [2.05, 4.69) is 4.74 Å². The van der Waals surface area contributed by atoms with E-state index < -0.39 is 11.8 Å². The highest BCUT2D eigenvalue weighted by Crippen LogP contribution is 2.24. The van der Waals surface area contributed by atoms with Crippen molar-refractivity contribution >= 4 is 17.6 Å². The van der Waals surface area contributed by atoms with E-state index >= 15 is 0 Å². The Hall–Kier alpha value is -1.29. The Morgan fingerprint density at radius 1 is 1.38 bits per heavy atom. The first-order valence-electron chi connectivity index (χ1n) is 4.60. The zero-order chi connectivity index (χ0) is 12.1. The van der Waals surface area contributed by atoms with E-state index in [4.69, 9.17) is 16.3 Å². The number of benzene rings is 1. The van der Waals surface area contributed by atoms with Gasteiger partial charge in [0.15, 0.2) is 11.6 Å². The molecule has 0 aliphatic heterocycles. The molecular weight excluding hydrogens is 235 g/mol. The van der Waals surface area contributed by atoms with Gasteiger partial charge in [0.1, 0.15) is 0 Å². The van der Waals surface area contributed by atoms with Crippen LogP contribution in [0.25, 0.3) is 0 Å². The Balaban J connectivity index is 3.08. The van der Waals surface area contributed by atoms with E-state index in [0.29, 0.717) is 11.1 Å². The van der Waals surface area contributed by atoms with E-state index in [0.717, 1.165) is 0 Å². The molecule has 0 aromatic heterocycles. The monoisotopic (exact) mass is 246 g/mol. The lowest BCUT2D eigenvalue weighted by molar-refractivity contribution is -0.139. The number of hydrogen-bond acceptors (Lipinski definition) is 3. The van der Waals surface area contributed by atoms with Crippen molar-refractivity contribution in [2.24, 2.45) is 0 Å². The number of ether oxygens (including phenoxy) is 2. The molecule has 88 valence electrons. The summed E-state index contributed by atoms with van der Waals surface area (Å²) in [4.78, 5) is 11.1. The summed E-state index contributed by atoms with van der Waals surface area (Å²) in [6.45, 7) is 0. The number of rotatable bonds is 4. The Morgan fingerprint density at radius 2 is 2.06 bits per heavy atom. The molecule has 0 bridgehead atoms. The minimum Gasteiger partial charge on any atom is -0.494 e. The van der Waals surface area contributed by atoms with Gasteiger partial charge in [0.05, 0.1) is 20.6 Å². The molecule has 0 aliphatic rings. The van der Waals surface area contributed by atoms with Crippen molar-refractivity contribution in [1.82, 2.24) is 0 Å². The van der Waals surface area contributed by atoms with Crippen LogP contribution in [-0.2, 0) is 21.8 Å². The first-order chi connectivity index (χ1) is 7.62. The number of halogens is 2. The molecule has 1 rings (SSSR count). The number of methoxy groups -OCH3 is 2. The highest BCUT2D eigenvalue weighted by Gasteiger charge is 2.12. The summed E-state index contributed by atoms with van der Waals surface area (Å²) in [5.74, 6) is -0.654. The molecule has 3 nitrogen and oxygen atoms in total. The highest BCUT2D eigenvalue weighted by atomic mass is 35.5. The van der Waals surface area contributed by atoms with Gasteiger partial charge in [-0.3, -0.25) is 4.79 Å². The van der Waals surface area contributed by atoms with Crippen LogP contribution in [0.4, 0.5) is 4.39 Å². The summed E-state index contributed by atoms with van der Waals surface area (Å²) in [6, 6.07) is 2.73. The molecule has 0 amide bonds. The molecule has 0 atom stereocenters. The zero-order valence-corrected chi connectivity index (χ0v) is 9.81. The lowest BCUT2D eigenvalue weighted by atomic mass is 10.1. The van der Waals surface area contributed by atoms with E-state index in [-0.39, 0.29) is 18.1 Å². The van der Waals surface area contributed by atoms with Gasteiger partial charge in [-0.25, -0.2) is 4.39 Å². The van der Waals surface area contributed by atoms with Crippen LogP contribution in [0, 0.1) is 5.82 Å². The fourth-order valence-electron chi connectivity index (χ4n) is 1.31. The maximum atomic E-state index is 13.4. The number of carbonyl (C=O) groups is 1.